The van der Waals surface area contributed by atoms with Crippen LogP contribution in [0.5, 0.6) is 0 Å². The predicted molar refractivity (Wildman–Crippen MR) is 72.8 cm³/mol. The summed E-state index contributed by atoms with van der Waals surface area (Å²) in [4.78, 5) is 20.3. The van der Waals surface area contributed by atoms with Crippen LogP contribution in [0.15, 0.2) is 60.7 Å². The van der Waals surface area contributed by atoms with Crippen LogP contribution in [0, 0.1) is 0 Å². The molecule has 0 spiro atoms. The van der Waals surface area contributed by atoms with Crippen LogP contribution in [0.25, 0.3) is 0 Å². The molecular weight excluding hydrogens is 354 g/mol. The van der Waals surface area contributed by atoms with Crippen molar-refractivity contribution in [2.75, 3.05) is 0 Å². The van der Waals surface area contributed by atoms with E-state index in [1.807, 2.05) is 0 Å². The van der Waals surface area contributed by atoms with Gasteiger partial charge in [0.2, 0.25) is 0 Å². The van der Waals surface area contributed by atoms with Gasteiger partial charge in [-0.05, 0) is 11.1 Å². The number of rotatable bonds is 4. The Labute approximate surface area is 145 Å². The largest absolute Gasteiger partial charge is 2.00 e. The molecule has 7 heteroatoms. The topological polar surface area (TPSA) is 121 Å². The molecule has 6 nitrogen and oxygen atoms in total. The van der Waals surface area contributed by atoms with Crippen molar-refractivity contribution in [2.24, 2.45) is 0 Å². The Morgan fingerprint density at radius 2 is 0.957 bits per heavy atom. The maximum atomic E-state index is 10.1. The normalized spacial score (nSPS) is 11.9. The number of hydrogen-bond acceptors (Lipinski definition) is 6. The van der Waals surface area contributed by atoms with Gasteiger partial charge < -0.3 is 30.0 Å². The van der Waals surface area contributed by atoms with Gasteiger partial charge in [-0.3, -0.25) is 0 Å². The van der Waals surface area contributed by atoms with E-state index >= 15 is 0 Å². The number of carbonyl (C=O) groups excluding carboxylic acids is 2. The molecule has 2 rings (SSSR count). The zero-order chi connectivity index (χ0) is 16.5. The Morgan fingerprint density at radius 1 is 0.696 bits per heavy atom. The second kappa shape index (κ2) is 10.6. The zero-order valence-corrected chi connectivity index (χ0v) is 15.1. The maximum absolute atomic E-state index is 10.1. The molecule has 2 atom stereocenters. The van der Waals surface area contributed by atoms with Gasteiger partial charge in [0.1, 0.15) is 12.2 Å². The van der Waals surface area contributed by atoms with Crippen LogP contribution in [0.2, 0.25) is 0 Å². The molecular formula is C16H14O6Zn. The fraction of sp³-hybridized carbons (Fsp3) is 0.125. The molecule has 0 saturated carbocycles. The van der Waals surface area contributed by atoms with E-state index in [1.165, 1.54) is 24.3 Å². The summed E-state index contributed by atoms with van der Waals surface area (Å²) in [6.07, 6.45) is -3.03. The van der Waals surface area contributed by atoms with Crippen molar-refractivity contribution in [3.8, 4) is 0 Å². The summed E-state index contributed by atoms with van der Waals surface area (Å²) in [5.74, 6) is -2.95. The number of hydrogen-bond donors (Lipinski definition) is 2. The maximum Gasteiger partial charge on any atom is 2.00 e. The second-order valence-electron chi connectivity index (χ2n) is 4.26. The number of carboxylic acid groups (broad SMARTS) is 2. The van der Waals surface area contributed by atoms with E-state index in [0.29, 0.717) is 11.1 Å². The summed E-state index contributed by atoms with van der Waals surface area (Å²) in [5.41, 5.74) is 0.681. The van der Waals surface area contributed by atoms with Crippen LogP contribution in [0.3, 0.4) is 0 Å². The van der Waals surface area contributed by atoms with Crippen molar-refractivity contribution >= 4 is 11.9 Å². The third-order valence-electron chi connectivity index (χ3n) is 2.68. The van der Waals surface area contributed by atoms with Gasteiger partial charge in [0.25, 0.3) is 0 Å². The molecule has 0 bridgehead atoms. The Balaban J connectivity index is 0.000000403. The number of carboxylic acids is 2. The summed E-state index contributed by atoms with van der Waals surface area (Å²) >= 11 is 0. The summed E-state index contributed by atoms with van der Waals surface area (Å²) in [5, 5.41) is 38.1. The Morgan fingerprint density at radius 3 is 1.17 bits per heavy atom. The van der Waals surface area contributed by atoms with Crippen molar-refractivity contribution in [1.82, 2.24) is 0 Å². The van der Waals surface area contributed by atoms with Crippen molar-refractivity contribution in [3.05, 3.63) is 71.8 Å². The van der Waals surface area contributed by atoms with Gasteiger partial charge in [-0.25, -0.2) is 0 Å². The Bertz CT molecular complexity index is 547. The van der Waals surface area contributed by atoms with Gasteiger partial charge in [0.15, 0.2) is 0 Å². The molecule has 0 radical (unpaired) electrons. The van der Waals surface area contributed by atoms with Crippen LogP contribution >= 0.6 is 0 Å². The number of aliphatic hydroxyl groups excluding tert-OH is 2. The first-order chi connectivity index (χ1) is 10.4. The van der Waals surface area contributed by atoms with Gasteiger partial charge in [-0.1, -0.05) is 60.7 Å². The third-order valence-corrected chi connectivity index (χ3v) is 2.68. The molecule has 116 valence electrons. The van der Waals surface area contributed by atoms with Crippen LogP contribution in [0.1, 0.15) is 23.3 Å². The molecule has 23 heavy (non-hydrogen) atoms. The van der Waals surface area contributed by atoms with E-state index in [4.69, 9.17) is 10.2 Å². The van der Waals surface area contributed by atoms with Gasteiger partial charge in [-0.15, -0.1) is 0 Å². The van der Waals surface area contributed by atoms with Crippen molar-refractivity contribution in [1.29, 1.82) is 0 Å². The van der Waals surface area contributed by atoms with Crippen LogP contribution in [0.4, 0.5) is 0 Å². The molecule has 0 aliphatic carbocycles. The molecule has 2 unspecified atom stereocenters. The molecule has 0 aliphatic heterocycles. The molecule has 0 amide bonds. The number of benzene rings is 2. The zero-order valence-electron chi connectivity index (χ0n) is 12.2. The minimum absolute atomic E-state index is 0. The number of carbonyl (C=O) groups is 2. The molecule has 2 aromatic carbocycles. The van der Waals surface area contributed by atoms with E-state index < -0.39 is 24.1 Å². The van der Waals surface area contributed by atoms with Crippen LogP contribution in [-0.2, 0) is 29.1 Å². The fourth-order valence-corrected chi connectivity index (χ4v) is 1.54. The fourth-order valence-electron chi connectivity index (χ4n) is 1.54. The average Bonchev–Trinajstić information content (AvgIpc) is 2.55. The molecule has 0 aromatic heterocycles. The average molecular weight is 368 g/mol. The Hall–Kier alpha value is -2.08. The minimum atomic E-state index is -1.52. The smallest absolute Gasteiger partial charge is 0.547 e. The van der Waals surface area contributed by atoms with Gasteiger partial charge >= 0.3 is 19.5 Å². The predicted octanol–water partition coefficient (Wildman–Crippen LogP) is -1.06. The van der Waals surface area contributed by atoms with Crippen molar-refractivity contribution < 1.29 is 49.5 Å². The van der Waals surface area contributed by atoms with Gasteiger partial charge in [0, 0.05) is 0 Å². The van der Waals surface area contributed by atoms with E-state index in [0.717, 1.165) is 0 Å². The van der Waals surface area contributed by atoms with E-state index in [2.05, 4.69) is 0 Å². The molecule has 0 heterocycles. The van der Waals surface area contributed by atoms with Crippen LogP contribution in [-0.4, -0.2) is 22.2 Å². The first kappa shape index (κ1) is 20.9. The molecule has 0 fully saturated rings. The third kappa shape index (κ3) is 7.15. The standard InChI is InChI=1S/2C8H8O3.Zn/c2*9-7(8(10)11)6-4-2-1-3-5-6;/h2*1-5,7,9H,(H,10,11);/q;;+2/p-2. The second-order valence-corrected chi connectivity index (χ2v) is 4.26. The summed E-state index contributed by atoms with van der Waals surface area (Å²) in [6.45, 7) is 0. The Kier molecular flexibility index (Phi) is 9.66. The van der Waals surface area contributed by atoms with Gasteiger partial charge in [0.05, 0.1) is 11.9 Å². The van der Waals surface area contributed by atoms with Crippen LogP contribution < -0.4 is 10.2 Å². The summed E-state index contributed by atoms with van der Waals surface area (Å²) in [7, 11) is 0. The SMILES string of the molecule is O=C([O-])C(O)c1ccccc1.O=C([O-])C(O)c1ccccc1.[Zn+2]. The molecule has 0 saturated heterocycles. The monoisotopic (exact) mass is 366 g/mol. The number of aliphatic hydroxyl groups is 2. The summed E-state index contributed by atoms with van der Waals surface area (Å²) in [6, 6.07) is 16.2. The van der Waals surface area contributed by atoms with E-state index in [-0.39, 0.29) is 19.5 Å². The van der Waals surface area contributed by atoms with E-state index in [1.54, 1.807) is 36.4 Å². The number of aliphatic carboxylic acids is 2. The van der Waals surface area contributed by atoms with E-state index in [9.17, 15) is 19.8 Å². The minimum Gasteiger partial charge on any atom is -0.547 e. The first-order valence-corrected chi connectivity index (χ1v) is 6.31. The van der Waals surface area contributed by atoms with Gasteiger partial charge in [-0.2, -0.15) is 0 Å². The molecule has 0 aliphatic rings. The summed E-state index contributed by atoms with van der Waals surface area (Å²) < 4.78 is 0. The first-order valence-electron chi connectivity index (χ1n) is 6.31. The quantitative estimate of drug-likeness (QED) is 0.664. The van der Waals surface area contributed by atoms with Crippen molar-refractivity contribution in [3.63, 3.8) is 0 Å². The van der Waals surface area contributed by atoms with Crippen molar-refractivity contribution in [2.45, 2.75) is 12.2 Å². The molecule has 2 N–H and O–H groups in total. The molecule has 2 aromatic rings.